The first-order valence-electron chi connectivity index (χ1n) is 5.48. The second-order valence-corrected chi connectivity index (χ2v) is 4.25. The summed E-state index contributed by atoms with van der Waals surface area (Å²) in [6.45, 7) is 0. The van der Waals surface area contributed by atoms with E-state index < -0.39 is 0 Å². The zero-order valence-corrected chi connectivity index (χ0v) is 11.2. The Bertz CT molecular complexity index is 541. The number of hydrogen-bond acceptors (Lipinski definition) is 2. The third-order valence-corrected chi connectivity index (χ3v) is 3.03. The van der Waals surface area contributed by atoms with Crippen LogP contribution in [0.15, 0.2) is 53.6 Å². The number of para-hydroxylation sites is 1. The lowest BCUT2D eigenvalue weighted by molar-refractivity contribution is 0.616. The summed E-state index contributed by atoms with van der Waals surface area (Å²) in [5, 5.41) is 4.51. The largest absolute Gasteiger partial charge is 0.279 e. The van der Waals surface area contributed by atoms with Gasteiger partial charge in [-0.15, -0.1) is 0 Å². The van der Waals surface area contributed by atoms with Gasteiger partial charge in [0, 0.05) is 10.9 Å². The van der Waals surface area contributed by atoms with Crippen LogP contribution in [0.4, 0.5) is 10.1 Å². The third kappa shape index (κ3) is 3.17. The average molecular weight is 307 g/mol. The molecule has 0 fully saturated rings. The van der Waals surface area contributed by atoms with Crippen molar-refractivity contribution in [1.29, 1.82) is 0 Å². The Labute approximate surface area is 114 Å². The maximum atomic E-state index is 13.8. The summed E-state index contributed by atoms with van der Waals surface area (Å²) in [5.74, 6) is -0.243. The predicted octanol–water partition coefficient (Wildman–Crippen LogP) is 4.17. The summed E-state index contributed by atoms with van der Waals surface area (Å²) in [7, 11) is 0. The summed E-state index contributed by atoms with van der Waals surface area (Å²) >= 11 is 3.25. The Morgan fingerprint density at radius 2 is 1.89 bits per heavy atom. The van der Waals surface area contributed by atoms with Crippen LogP contribution in [0.3, 0.4) is 0 Å². The van der Waals surface area contributed by atoms with Crippen LogP contribution in [0.25, 0.3) is 0 Å². The van der Waals surface area contributed by atoms with Gasteiger partial charge in [0.2, 0.25) is 0 Å². The first-order chi connectivity index (χ1) is 8.81. The lowest BCUT2D eigenvalue weighted by Gasteiger charge is -2.02. The molecule has 0 aliphatic heterocycles. The number of benzene rings is 2. The topological polar surface area (TPSA) is 24.4 Å². The molecule has 0 heterocycles. The molecular weight excluding hydrogens is 295 g/mol. The molecule has 1 N–H and O–H groups in total. The number of hydrazone groups is 1. The number of nitrogens with one attached hydrogen (secondary N) is 1. The van der Waals surface area contributed by atoms with E-state index in [-0.39, 0.29) is 5.82 Å². The zero-order valence-electron chi connectivity index (χ0n) is 9.61. The van der Waals surface area contributed by atoms with Crippen molar-refractivity contribution in [2.24, 2.45) is 5.10 Å². The molecule has 92 valence electrons. The fourth-order valence-corrected chi connectivity index (χ4v) is 1.92. The predicted molar refractivity (Wildman–Crippen MR) is 76.7 cm³/mol. The van der Waals surface area contributed by atoms with Crippen LogP contribution in [-0.2, 0) is 5.33 Å². The SMILES string of the molecule is Fc1c(C=NNc2ccccc2)cccc1CBr. The number of halogens is 2. The first kappa shape index (κ1) is 12.8. The lowest BCUT2D eigenvalue weighted by atomic mass is 10.1. The molecule has 0 saturated heterocycles. The van der Waals surface area contributed by atoms with Crippen LogP contribution in [0.1, 0.15) is 11.1 Å². The van der Waals surface area contributed by atoms with Gasteiger partial charge in [-0.3, -0.25) is 5.43 Å². The first-order valence-corrected chi connectivity index (χ1v) is 6.61. The molecule has 0 amide bonds. The van der Waals surface area contributed by atoms with Crippen molar-refractivity contribution in [3.8, 4) is 0 Å². The summed E-state index contributed by atoms with van der Waals surface area (Å²) < 4.78 is 13.8. The van der Waals surface area contributed by atoms with Gasteiger partial charge in [-0.2, -0.15) is 5.10 Å². The quantitative estimate of drug-likeness (QED) is 0.512. The van der Waals surface area contributed by atoms with Crippen LogP contribution >= 0.6 is 15.9 Å². The van der Waals surface area contributed by atoms with Crippen molar-refractivity contribution in [1.82, 2.24) is 0 Å². The molecule has 0 radical (unpaired) electrons. The molecule has 2 aromatic carbocycles. The highest BCUT2D eigenvalue weighted by molar-refractivity contribution is 9.08. The zero-order chi connectivity index (χ0) is 12.8. The van der Waals surface area contributed by atoms with E-state index in [0.29, 0.717) is 16.5 Å². The molecule has 0 spiro atoms. The number of nitrogens with zero attached hydrogens (tertiary/aromatic N) is 1. The minimum Gasteiger partial charge on any atom is -0.279 e. The molecule has 0 aromatic heterocycles. The van der Waals surface area contributed by atoms with Gasteiger partial charge in [-0.1, -0.05) is 52.3 Å². The van der Waals surface area contributed by atoms with Crippen molar-refractivity contribution in [3.05, 3.63) is 65.5 Å². The molecule has 0 aliphatic rings. The van der Waals surface area contributed by atoms with E-state index >= 15 is 0 Å². The van der Waals surface area contributed by atoms with Crippen molar-refractivity contribution in [2.45, 2.75) is 5.33 Å². The van der Waals surface area contributed by atoms with Crippen molar-refractivity contribution in [3.63, 3.8) is 0 Å². The molecule has 0 unspecified atom stereocenters. The van der Waals surface area contributed by atoms with E-state index in [1.807, 2.05) is 36.4 Å². The average Bonchev–Trinajstić information content (AvgIpc) is 2.42. The summed E-state index contributed by atoms with van der Waals surface area (Å²) in [6.07, 6.45) is 1.48. The maximum Gasteiger partial charge on any atom is 0.136 e. The molecule has 2 rings (SSSR count). The Hall–Kier alpha value is -1.68. The van der Waals surface area contributed by atoms with E-state index in [0.717, 1.165) is 5.69 Å². The molecule has 4 heteroatoms. The summed E-state index contributed by atoms with van der Waals surface area (Å²) in [6, 6.07) is 14.8. The maximum absolute atomic E-state index is 13.8. The number of alkyl halides is 1. The minimum atomic E-state index is -0.243. The van der Waals surface area contributed by atoms with Crippen LogP contribution in [0, 0.1) is 5.82 Å². The summed E-state index contributed by atoms with van der Waals surface area (Å²) in [4.78, 5) is 0. The molecule has 0 aliphatic carbocycles. The Morgan fingerprint density at radius 1 is 1.11 bits per heavy atom. The standard InChI is InChI=1S/C14H12BrFN2/c15-9-11-5-4-6-12(14(11)16)10-17-18-13-7-2-1-3-8-13/h1-8,10,18H,9H2. The van der Waals surface area contributed by atoms with Gasteiger partial charge in [0.15, 0.2) is 0 Å². The highest BCUT2D eigenvalue weighted by atomic mass is 79.9. The monoisotopic (exact) mass is 306 g/mol. The fourth-order valence-electron chi connectivity index (χ4n) is 1.49. The molecule has 0 atom stereocenters. The van der Waals surface area contributed by atoms with Gasteiger partial charge in [0.1, 0.15) is 5.82 Å². The van der Waals surface area contributed by atoms with E-state index in [9.17, 15) is 4.39 Å². The molecular formula is C14H12BrFN2. The lowest BCUT2D eigenvalue weighted by Crippen LogP contribution is -1.96. The Balaban J connectivity index is 2.10. The molecule has 18 heavy (non-hydrogen) atoms. The van der Waals surface area contributed by atoms with Crippen LogP contribution < -0.4 is 5.43 Å². The normalized spacial score (nSPS) is 10.8. The fraction of sp³-hybridized carbons (Fsp3) is 0.0714. The van der Waals surface area contributed by atoms with E-state index in [4.69, 9.17) is 0 Å². The van der Waals surface area contributed by atoms with Gasteiger partial charge >= 0.3 is 0 Å². The number of anilines is 1. The molecule has 2 nitrogen and oxygen atoms in total. The van der Waals surface area contributed by atoms with Gasteiger partial charge in [-0.25, -0.2) is 4.39 Å². The van der Waals surface area contributed by atoms with Crippen molar-refractivity contribution in [2.75, 3.05) is 5.43 Å². The third-order valence-electron chi connectivity index (χ3n) is 2.42. The minimum absolute atomic E-state index is 0.243. The Kier molecular flexibility index (Phi) is 4.47. The van der Waals surface area contributed by atoms with Gasteiger partial charge in [0.25, 0.3) is 0 Å². The molecule has 2 aromatic rings. The number of rotatable bonds is 4. The summed E-state index contributed by atoms with van der Waals surface area (Å²) in [5.41, 5.74) is 4.81. The second kappa shape index (κ2) is 6.31. The number of hydrogen-bond donors (Lipinski definition) is 1. The van der Waals surface area contributed by atoms with Gasteiger partial charge in [0.05, 0.1) is 11.9 Å². The van der Waals surface area contributed by atoms with E-state index in [1.165, 1.54) is 6.21 Å². The molecule has 0 bridgehead atoms. The second-order valence-electron chi connectivity index (χ2n) is 3.69. The molecule has 0 saturated carbocycles. The van der Waals surface area contributed by atoms with Crippen molar-refractivity contribution < 1.29 is 4.39 Å². The smallest absolute Gasteiger partial charge is 0.136 e. The van der Waals surface area contributed by atoms with Crippen LogP contribution in [0.5, 0.6) is 0 Å². The van der Waals surface area contributed by atoms with E-state index in [2.05, 4.69) is 26.5 Å². The van der Waals surface area contributed by atoms with Crippen molar-refractivity contribution >= 4 is 27.8 Å². The Morgan fingerprint density at radius 3 is 2.61 bits per heavy atom. The highest BCUT2D eigenvalue weighted by Gasteiger charge is 2.04. The van der Waals surface area contributed by atoms with E-state index in [1.54, 1.807) is 12.1 Å². The van der Waals surface area contributed by atoms with Crippen LogP contribution in [0.2, 0.25) is 0 Å². The highest BCUT2D eigenvalue weighted by Crippen LogP contribution is 2.14. The van der Waals surface area contributed by atoms with Gasteiger partial charge in [-0.05, 0) is 17.7 Å². The van der Waals surface area contributed by atoms with Crippen LogP contribution in [-0.4, -0.2) is 6.21 Å². The van der Waals surface area contributed by atoms with Gasteiger partial charge < -0.3 is 0 Å².